The van der Waals surface area contributed by atoms with Crippen molar-refractivity contribution in [2.24, 2.45) is 4.99 Å². The summed E-state index contributed by atoms with van der Waals surface area (Å²) in [7, 11) is 2.24. The summed E-state index contributed by atoms with van der Waals surface area (Å²) in [6.45, 7) is 3.78. The summed E-state index contributed by atoms with van der Waals surface area (Å²) in [4.78, 5) is 10.3. The van der Waals surface area contributed by atoms with Crippen LogP contribution in [0, 0.1) is 0 Å². The number of nitrogens with one attached hydrogen (secondary N) is 1. The molecule has 172 valence electrons. The number of hydrogen-bond acceptors (Lipinski definition) is 5. The molecule has 0 saturated carbocycles. The smallest absolute Gasteiger partial charge is 0.243 e. The zero-order chi connectivity index (χ0) is 21.6. The summed E-state index contributed by atoms with van der Waals surface area (Å²) in [6, 6.07) is 11.4. The number of sulfonamides is 1. The van der Waals surface area contributed by atoms with Gasteiger partial charge in [-0.05, 0) is 36.5 Å². The van der Waals surface area contributed by atoms with Gasteiger partial charge in [0.15, 0.2) is 5.96 Å². The molecule has 2 aromatic rings. The molecule has 1 aromatic carbocycles. The molecule has 1 N–H and O–H groups in total. The summed E-state index contributed by atoms with van der Waals surface area (Å²) in [5.74, 6) is 0.748. The Labute approximate surface area is 207 Å². The molecule has 0 spiro atoms. The largest absolute Gasteiger partial charge is 0.352 e. The van der Waals surface area contributed by atoms with E-state index in [-0.39, 0.29) is 24.0 Å². The van der Waals surface area contributed by atoms with E-state index in [0.717, 1.165) is 37.6 Å². The monoisotopic (exact) mass is 577 g/mol. The summed E-state index contributed by atoms with van der Waals surface area (Å²) < 4.78 is 28.1. The molecule has 0 radical (unpaired) electrons. The Balaban J connectivity index is 0.00000341. The Morgan fingerprint density at radius 1 is 1.16 bits per heavy atom. The van der Waals surface area contributed by atoms with Crippen molar-refractivity contribution in [2.75, 3.05) is 53.9 Å². The molecule has 0 atom stereocenters. The molecule has 31 heavy (non-hydrogen) atoms. The van der Waals surface area contributed by atoms with Crippen LogP contribution in [-0.2, 0) is 23.0 Å². The van der Waals surface area contributed by atoms with E-state index in [4.69, 9.17) is 0 Å². The topological polar surface area (TPSA) is 68.2 Å². The molecule has 1 aromatic heterocycles. The van der Waals surface area contributed by atoms with Crippen LogP contribution in [0.4, 0.5) is 0 Å². The summed E-state index contributed by atoms with van der Waals surface area (Å²) in [5.41, 5.74) is 0.754. The van der Waals surface area contributed by atoms with Crippen LogP contribution in [0.2, 0.25) is 0 Å². The van der Waals surface area contributed by atoms with Crippen LogP contribution in [0.5, 0.6) is 0 Å². The van der Waals surface area contributed by atoms with Gasteiger partial charge in [0.2, 0.25) is 10.0 Å². The Morgan fingerprint density at radius 3 is 2.52 bits per heavy atom. The van der Waals surface area contributed by atoms with Crippen molar-refractivity contribution >= 4 is 51.3 Å². The van der Waals surface area contributed by atoms with Gasteiger partial charge in [0.1, 0.15) is 0 Å². The van der Waals surface area contributed by atoms with E-state index in [1.54, 1.807) is 34.8 Å². The second-order valence-corrected chi connectivity index (χ2v) is 10.4. The fourth-order valence-corrected chi connectivity index (χ4v) is 5.81. The first-order valence-corrected chi connectivity index (χ1v) is 12.4. The van der Waals surface area contributed by atoms with E-state index in [2.05, 4.69) is 37.6 Å². The third-order valence-corrected chi connectivity index (χ3v) is 8.27. The van der Waals surface area contributed by atoms with Crippen LogP contribution in [-0.4, -0.2) is 82.3 Å². The number of thiophene rings is 1. The maximum Gasteiger partial charge on any atom is 0.243 e. The quantitative estimate of drug-likeness (QED) is 0.312. The minimum Gasteiger partial charge on any atom is -0.352 e. The number of likely N-dealkylation sites (N-methyl/N-ethyl adjacent to an activating group) is 2. The minimum absolute atomic E-state index is 0. The highest BCUT2D eigenvalue weighted by molar-refractivity contribution is 14.0. The van der Waals surface area contributed by atoms with Gasteiger partial charge in [-0.2, -0.15) is 4.31 Å². The number of aliphatic imine (C=N–C) groups is 1. The van der Waals surface area contributed by atoms with Gasteiger partial charge in [0, 0.05) is 58.2 Å². The lowest BCUT2D eigenvalue weighted by Crippen LogP contribution is -2.47. The highest BCUT2D eigenvalue weighted by Crippen LogP contribution is 2.21. The van der Waals surface area contributed by atoms with Gasteiger partial charge in [-0.1, -0.05) is 24.3 Å². The molecule has 1 fully saturated rings. The van der Waals surface area contributed by atoms with Crippen molar-refractivity contribution in [1.29, 1.82) is 0 Å². The van der Waals surface area contributed by atoms with E-state index in [1.807, 2.05) is 26.2 Å². The zero-order valence-corrected chi connectivity index (χ0v) is 22.3. The number of benzene rings is 1. The van der Waals surface area contributed by atoms with Crippen molar-refractivity contribution in [3.8, 4) is 0 Å². The highest BCUT2D eigenvalue weighted by Gasteiger charge is 2.29. The first-order valence-electron chi connectivity index (χ1n) is 10.1. The molecular formula is C21H32IN5O2S2. The number of guanidine groups is 1. The summed E-state index contributed by atoms with van der Waals surface area (Å²) in [5, 5.41) is 5.41. The molecule has 1 aliphatic heterocycles. The lowest BCUT2D eigenvalue weighted by Gasteiger charge is -2.32. The zero-order valence-electron chi connectivity index (χ0n) is 18.3. The van der Waals surface area contributed by atoms with Crippen LogP contribution in [0.1, 0.15) is 10.4 Å². The molecule has 7 nitrogen and oxygen atoms in total. The lowest BCUT2D eigenvalue weighted by atomic mass is 10.2. The van der Waals surface area contributed by atoms with Crippen molar-refractivity contribution < 1.29 is 8.42 Å². The average Bonchev–Trinajstić information content (AvgIpc) is 3.27. The first kappa shape index (κ1) is 26.0. The maximum atomic E-state index is 13.2. The molecule has 0 amide bonds. The first-order chi connectivity index (χ1) is 14.4. The van der Waals surface area contributed by atoms with Crippen molar-refractivity contribution in [1.82, 2.24) is 19.4 Å². The molecule has 3 rings (SSSR count). The third-order valence-electron chi connectivity index (χ3n) is 5.34. The Bertz CT molecular complexity index is 942. The fourth-order valence-electron chi connectivity index (χ4n) is 3.47. The van der Waals surface area contributed by atoms with E-state index in [9.17, 15) is 8.42 Å². The second kappa shape index (κ2) is 12.1. The predicted octanol–water partition coefficient (Wildman–Crippen LogP) is 2.55. The summed E-state index contributed by atoms with van der Waals surface area (Å²) in [6.07, 6.45) is 0.948. The minimum atomic E-state index is -3.52. The van der Waals surface area contributed by atoms with Gasteiger partial charge < -0.3 is 15.1 Å². The molecule has 0 unspecified atom stereocenters. The van der Waals surface area contributed by atoms with Gasteiger partial charge >= 0.3 is 0 Å². The molecule has 0 aliphatic carbocycles. The molecule has 1 saturated heterocycles. The number of piperazine rings is 1. The van der Waals surface area contributed by atoms with Gasteiger partial charge in [-0.3, -0.25) is 4.99 Å². The van der Waals surface area contributed by atoms with Crippen molar-refractivity contribution in [3.63, 3.8) is 0 Å². The third kappa shape index (κ3) is 6.88. The molecule has 0 bridgehead atoms. The van der Waals surface area contributed by atoms with Gasteiger partial charge in [0.05, 0.1) is 4.90 Å². The lowest BCUT2D eigenvalue weighted by molar-refractivity contribution is 0.222. The van der Waals surface area contributed by atoms with E-state index < -0.39 is 10.0 Å². The molecular weight excluding hydrogens is 545 g/mol. The molecule has 1 aliphatic rings. The van der Waals surface area contributed by atoms with Crippen LogP contribution in [0.25, 0.3) is 0 Å². The predicted molar refractivity (Wildman–Crippen MR) is 139 cm³/mol. The van der Waals surface area contributed by atoms with Gasteiger partial charge in [-0.15, -0.1) is 35.3 Å². The van der Waals surface area contributed by atoms with Crippen molar-refractivity contribution in [2.45, 2.75) is 17.9 Å². The number of nitrogens with zero attached hydrogens (tertiary/aromatic N) is 4. The maximum absolute atomic E-state index is 13.2. The number of rotatable bonds is 7. The van der Waals surface area contributed by atoms with Crippen LogP contribution in [0.15, 0.2) is 51.7 Å². The normalized spacial score (nSPS) is 16.0. The average molecular weight is 578 g/mol. The van der Waals surface area contributed by atoms with E-state index in [0.29, 0.717) is 24.5 Å². The van der Waals surface area contributed by atoms with E-state index in [1.165, 1.54) is 4.88 Å². The highest BCUT2D eigenvalue weighted by atomic mass is 127. The second-order valence-electron chi connectivity index (χ2n) is 7.47. The Morgan fingerprint density at radius 2 is 1.87 bits per heavy atom. The summed E-state index contributed by atoms with van der Waals surface area (Å²) >= 11 is 1.75. The van der Waals surface area contributed by atoms with Gasteiger partial charge in [0.25, 0.3) is 0 Å². The van der Waals surface area contributed by atoms with E-state index >= 15 is 0 Å². The van der Waals surface area contributed by atoms with Gasteiger partial charge in [-0.25, -0.2) is 8.42 Å². The Kier molecular flexibility index (Phi) is 10.2. The number of hydrogen-bond donors (Lipinski definition) is 1. The SMILES string of the molecule is CN=C(NCc1ccccc1S(=O)(=O)N1CCN(C)CC1)N(C)CCc1cccs1.I. The van der Waals surface area contributed by atoms with Crippen molar-refractivity contribution in [3.05, 3.63) is 52.2 Å². The van der Waals surface area contributed by atoms with Crippen LogP contribution in [0.3, 0.4) is 0 Å². The molecule has 10 heteroatoms. The fraction of sp³-hybridized carbons (Fsp3) is 0.476. The number of halogens is 1. The van der Waals surface area contributed by atoms with Crippen LogP contribution < -0.4 is 5.32 Å². The van der Waals surface area contributed by atoms with Crippen LogP contribution >= 0.6 is 35.3 Å². The standard InChI is InChI=1S/C21H31N5O2S2.HI/c1-22-21(25(3)11-10-19-8-6-16-29-19)23-17-18-7-4-5-9-20(18)30(27,28)26-14-12-24(2)13-15-26;/h4-9,16H,10-15,17H2,1-3H3,(H,22,23);1H. The molecule has 2 heterocycles. The Hall–Kier alpha value is -1.21.